The van der Waals surface area contributed by atoms with Gasteiger partial charge < -0.3 is 14.2 Å². The fourth-order valence-electron chi connectivity index (χ4n) is 4.35. The fraction of sp³-hybridized carbons (Fsp3) is 0.323. The average Bonchev–Trinajstić information content (AvgIpc) is 2.89. The van der Waals surface area contributed by atoms with Crippen LogP contribution >= 0.6 is 0 Å². The third-order valence-corrected chi connectivity index (χ3v) is 6.18. The molecule has 0 atom stereocenters. The van der Waals surface area contributed by atoms with E-state index >= 15 is 0 Å². The first kappa shape index (κ1) is 26.9. The number of hydrogen-bond acceptors (Lipinski definition) is 6. The van der Waals surface area contributed by atoms with E-state index in [0.29, 0.717) is 48.0 Å². The van der Waals surface area contributed by atoms with Crippen LogP contribution in [-0.2, 0) is 0 Å². The van der Waals surface area contributed by atoms with Crippen LogP contribution in [-0.4, -0.2) is 35.7 Å². The Hall–Kier alpha value is -4.13. The number of aromatic nitrogens is 2. The van der Waals surface area contributed by atoms with E-state index in [4.69, 9.17) is 19.2 Å². The molecule has 4 rings (SSSR count). The van der Waals surface area contributed by atoms with E-state index in [9.17, 15) is 4.79 Å². The fourth-order valence-corrected chi connectivity index (χ4v) is 4.35. The molecule has 0 bridgehead atoms. The lowest BCUT2D eigenvalue weighted by molar-refractivity contribution is 0.323. The molecule has 0 fully saturated rings. The standard InChI is InChI=1S/C31H35N3O4/c1-7-36-23-15-14-22(28(17-23)37-8-2)19-32-34-30(33-27-13-11-10-12-24(27)31(34)35)26-18-25(20(4)5)29(38-9-3)16-21(26)6/h10-20H,7-9H2,1-6H3. The summed E-state index contributed by atoms with van der Waals surface area (Å²) in [4.78, 5) is 18.6. The topological polar surface area (TPSA) is 74.9 Å². The lowest BCUT2D eigenvalue weighted by Gasteiger charge is -2.18. The van der Waals surface area contributed by atoms with Crippen LogP contribution in [0.15, 0.2) is 64.5 Å². The van der Waals surface area contributed by atoms with Gasteiger partial charge >= 0.3 is 0 Å². The predicted octanol–water partition coefficient (Wildman–Crippen LogP) is 6.57. The summed E-state index contributed by atoms with van der Waals surface area (Å²) in [6.45, 7) is 13.7. The van der Waals surface area contributed by atoms with Crippen molar-refractivity contribution in [2.45, 2.75) is 47.5 Å². The Labute approximate surface area is 223 Å². The van der Waals surface area contributed by atoms with E-state index in [1.165, 1.54) is 4.68 Å². The minimum atomic E-state index is -0.245. The number of para-hydroxylation sites is 1. The van der Waals surface area contributed by atoms with Crippen LogP contribution in [0.4, 0.5) is 0 Å². The number of benzene rings is 3. The van der Waals surface area contributed by atoms with Gasteiger partial charge in [0.25, 0.3) is 5.56 Å². The summed E-state index contributed by atoms with van der Waals surface area (Å²) < 4.78 is 18.8. The average molecular weight is 514 g/mol. The maximum absolute atomic E-state index is 13.7. The van der Waals surface area contributed by atoms with E-state index < -0.39 is 0 Å². The second-order valence-electron chi connectivity index (χ2n) is 9.17. The normalized spacial score (nSPS) is 11.4. The molecule has 1 aromatic heterocycles. The lowest BCUT2D eigenvalue weighted by atomic mass is 9.96. The second-order valence-corrected chi connectivity index (χ2v) is 9.17. The smallest absolute Gasteiger partial charge is 0.282 e. The highest BCUT2D eigenvalue weighted by molar-refractivity contribution is 5.85. The highest BCUT2D eigenvalue weighted by Crippen LogP contribution is 2.34. The van der Waals surface area contributed by atoms with Gasteiger partial charge in [-0.1, -0.05) is 26.0 Å². The molecule has 0 N–H and O–H groups in total. The number of rotatable bonds is 10. The summed E-state index contributed by atoms with van der Waals surface area (Å²) in [5.74, 6) is 2.88. The van der Waals surface area contributed by atoms with E-state index in [0.717, 1.165) is 28.0 Å². The molecule has 0 aliphatic carbocycles. The molecular weight excluding hydrogens is 478 g/mol. The van der Waals surface area contributed by atoms with Gasteiger partial charge in [0.15, 0.2) is 5.82 Å². The molecule has 7 heteroatoms. The number of nitrogens with zero attached hydrogens (tertiary/aromatic N) is 3. The van der Waals surface area contributed by atoms with Crippen molar-refractivity contribution in [1.82, 2.24) is 9.66 Å². The number of hydrogen-bond donors (Lipinski definition) is 0. The Morgan fingerprint density at radius 1 is 0.921 bits per heavy atom. The van der Waals surface area contributed by atoms with Gasteiger partial charge in [-0.15, -0.1) is 0 Å². The summed E-state index contributed by atoms with van der Waals surface area (Å²) in [5.41, 5.74) is 3.93. The van der Waals surface area contributed by atoms with E-state index in [1.54, 1.807) is 12.3 Å². The summed E-state index contributed by atoms with van der Waals surface area (Å²) in [5, 5.41) is 5.16. The summed E-state index contributed by atoms with van der Waals surface area (Å²) in [7, 11) is 0. The van der Waals surface area contributed by atoms with Crippen LogP contribution in [0.2, 0.25) is 0 Å². The zero-order chi connectivity index (χ0) is 27.2. The Kier molecular flexibility index (Phi) is 8.46. The summed E-state index contributed by atoms with van der Waals surface area (Å²) >= 11 is 0. The molecule has 0 saturated carbocycles. The highest BCUT2D eigenvalue weighted by atomic mass is 16.5. The van der Waals surface area contributed by atoms with Gasteiger partial charge in [0.1, 0.15) is 17.2 Å². The molecule has 0 aliphatic heterocycles. The predicted molar refractivity (Wildman–Crippen MR) is 153 cm³/mol. The molecule has 0 spiro atoms. The molecule has 0 radical (unpaired) electrons. The zero-order valence-corrected chi connectivity index (χ0v) is 22.9. The monoisotopic (exact) mass is 513 g/mol. The van der Waals surface area contributed by atoms with Gasteiger partial charge in [0.2, 0.25) is 0 Å². The number of fused-ring (bicyclic) bond motifs is 1. The van der Waals surface area contributed by atoms with Gasteiger partial charge in [-0.3, -0.25) is 4.79 Å². The van der Waals surface area contributed by atoms with Crippen LogP contribution in [0.3, 0.4) is 0 Å². The van der Waals surface area contributed by atoms with Crippen molar-refractivity contribution >= 4 is 17.1 Å². The molecule has 0 unspecified atom stereocenters. The Morgan fingerprint density at radius 3 is 2.34 bits per heavy atom. The van der Waals surface area contributed by atoms with Crippen LogP contribution in [0.1, 0.15) is 57.2 Å². The molecule has 4 aromatic rings. The Balaban J connectivity index is 1.93. The molecule has 0 amide bonds. The number of aryl methyl sites for hydroxylation is 1. The van der Waals surface area contributed by atoms with Crippen molar-refractivity contribution in [3.05, 3.63) is 81.6 Å². The van der Waals surface area contributed by atoms with Gasteiger partial charge in [-0.25, -0.2) is 4.98 Å². The van der Waals surface area contributed by atoms with Crippen molar-refractivity contribution < 1.29 is 14.2 Å². The van der Waals surface area contributed by atoms with Crippen LogP contribution in [0.25, 0.3) is 22.3 Å². The molecule has 198 valence electrons. The van der Waals surface area contributed by atoms with Crippen molar-refractivity contribution in [3.8, 4) is 28.6 Å². The highest BCUT2D eigenvalue weighted by Gasteiger charge is 2.18. The first-order valence-corrected chi connectivity index (χ1v) is 13.1. The molecule has 7 nitrogen and oxygen atoms in total. The Bertz CT molecular complexity index is 1520. The molecule has 38 heavy (non-hydrogen) atoms. The SMILES string of the molecule is CCOc1ccc(C=Nn2c(-c3cc(C(C)C)c(OCC)cc3C)nc3ccccc3c2=O)c(OCC)c1. The van der Waals surface area contributed by atoms with Gasteiger partial charge in [0.05, 0.1) is 36.9 Å². The Morgan fingerprint density at radius 2 is 1.63 bits per heavy atom. The van der Waals surface area contributed by atoms with Crippen molar-refractivity contribution in [2.24, 2.45) is 5.10 Å². The van der Waals surface area contributed by atoms with Crippen LogP contribution in [0.5, 0.6) is 17.2 Å². The first-order chi connectivity index (χ1) is 18.4. The van der Waals surface area contributed by atoms with Crippen molar-refractivity contribution in [3.63, 3.8) is 0 Å². The quantitative estimate of drug-likeness (QED) is 0.224. The molecule has 3 aromatic carbocycles. The van der Waals surface area contributed by atoms with Crippen LogP contribution < -0.4 is 19.8 Å². The molecule has 0 aliphatic rings. The van der Waals surface area contributed by atoms with E-state index in [-0.39, 0.29) is 11.5 Å². The van der Waals surface area contributed by atoms with Crippen molar-refractivity contribution in [2.75, 3.05) is 19.8 Å². The van der Waals surface area contributed by atoms with Gasteiger partial charge in [-0.05, 0) is 81.1 Å². The maximum atomic E-state index is 13.7. The minimum absolute atomic E-state index is 0.220. The molecular formula is C31H35N3O4. The second kappa shape index (κ2) is 11.9. The zero-order valence-electron chi connectivity index (χ0n) is 22.9. The third-order valence-electron chi connectivity index (χ3n) is 6.18. The van der Waals surface area contributed by atoms with E-state index in [2.05, 4.69) is 25.0 Å². The largest absolute Gasteiger partial charge is 0.494 e. The minimum Gasteiger partial charge on any atom is -0.494 e. The maximum Gasteiger partial charge on any atom is 0.282 e. The lowest BCUT2D eigenvalue weighted by Crippen LogP contribution is -2.21. The van der Waals surface area contributed by atoms with Gasteiger partial charge in [-0.2, -0.15) is 9.78 Å². The molecule has 1 heterocycles. The molecule has 0 saturated heterocycles. The van der Waals surface area contributed by atoms with Gasteiger partial charge in [0, 0.05) is 17.2 Å². The number of ether oxygens (including phenoxy) is 3. The summed E-state index contributed by atoms with van der Waals surface area (Å²) in [6.07, 6.45) is 1.63. The van der Waals surface area contributed by atoms with Crippen molar-refractivity contribution in [1.29, 1.82) is 0 Å². The third kappa shape index (κ3) is 5.57. The summed E-state index contributed by atoms with van der Waals surface area (Å²) in [6, 6.07) is 17.0. The van der Waals surface area contributed by atoms with E-state index in [1.807, 2.05) is 70.2 Å². The first-order valence-electron chi connectivity index (χ1n) is 13.1. The van der Waals surface area contributed by atoms with Crippen LogP contribution in [0, 0.1) is 6.92 Å².